The van der Waals surface area contributed by atoms with Gasteiger partial charge < -0.3 is 14.8 Å². The Labute approximate surface area is 215 Å². The van der Waals surface area contributed by atoms with E-state index < -0.39 is 29.6 Å². The van der Waals surface area contributed by atoms with Gasteiger partial charge in [-0.15, -0.1) is 0 Å². The van der Waals surface area contributed by atoms with Crippen molar-refractivity contribution < 1.29 is 23.5 Å². The molecule has 2 aromatic carbocycles. The SMILES string of the molecule is COC(=O)C(CC(Cc1ccc(-c2cc(Cl)ccc2F)cc1)NC(=O)OC(C)(C)C)c1ccccn1. The van der Waals surface area contributed by atoms with E-state index in [-0.39, 0.29) is 12.2 Å². The van der Waals surface area contributed by atoms with Crippen LogP contribution in [0.2, 0.25) is 5.02 Å². The number of nitrogens with zero attached hydrogens (tertiary/aromatic N) is 1. The summed E-state index contributed by atoms with van der Waals surface area (Å²) in [5.41, 5.74) is 1.83. The van der Waals surface area contributed by atoms with E-state index in [1.807, 2.05) is 12.1 Å². The van der Waals surface area contributed by atoms with Crippen molar-refractivity contribution in [2.75, 3.05) is 7.11 Å². The van der Waals surface area contributed by atoms with Gasteiger partial charge in [0.1, 0.15) is 17.3 Å². The Morgan fingerprint density at radius 2 is 1.81 bits per heavy atom. The Kier molecular flexibility index (Phi) is 9.04. The van der Waals surface area contributed by atoms with Gasteiger partial charge in [-0.05, 0) is 75.1 Å². The van der Waals surface area contributed by atoms with Crippen molar-refractivity contribution in [1.82, 2.24) is 10.3 Å². The topological polar surface area (TPSA) is 77.5 Å². The van der Waals surface area contributed by atoms with E-state index in [9.17, 15) is 14.0 Å². The number of methoxy groups -OCH3 is 1. The van der Waals surface area contributed by atoms with E-state index in [0.717, 1.165) is 5.56 Å². The molecular formula is C28H30ClFN2O4. The van der Waals surface area contributed by atoms with Crippen LogP contribution in [0.1, 0.15) is 44.4 Å². The Hall–Kier alpha value is -3.45. The van der Waals surface area contributed by atoms with Gasteiger partial charge in [0.25, 0.3) is 0 Å². The number of halogens is 2. The van der Waals surface area contributed by atoms with Crippen molar-refractivity contribution in [2.24, 2.45) is 0 Å². The van der Waals surface area contributed by atoms with Gasteiger partial charge in [-0.1, -0.05) is 41.9 Å². The predicted molar refractivity (Wildman–Crippen MR) is 137 cm³/mol. The molecule has 0 bridgehead atoms. The van der Waals surface area contributed by atoms with Crippen molar-refractivity contribution in [3.63, 3.8) is 0 Å². The smallest absolute Gasteiger partial charge is 0.407 e. The van der Waals surface area contributed by atoms with Gasteiger partial charge in [0, 0.05) is 22.8 Å². The van der Waals surface area contributed by atoms with Gasteiger partial charge in [-0.3, -0.25) is 9.78 Å². The summed E-state index contributed by atoms with van der Waals surface area (Å²) in [5.74, 6) is -1.50. The molecule has 0 saturated carbocycles. The van der Waals surface area contributed by atoms with E-state index in [1.165, 1.54) is 19.2 Å². The molecule has 1 amide bonds. The quantitative estimate of drug-likeness (QED) is 0.357. The molecule has 1 heterocycles. The van der Waals surface area contributed by atoms with Crippen LogP contribution in [0.15, 0.2) is 66.9 Å². The van der Waals surface area contributed by atoms with Gasteiger partial charge in [0.05, 0.1) is 12.8 Å². The molecule has 0 saturated heterocycles. The van der Waals surface area contributed by atoms with Crippen molar-refractivity contribution in [3.8, 4) is 11.1 Å². The number of benzene rings is 2. The second-order valence-electron chi connectivity index (χ2n) is 9.43. The van der Waals surface area contributed by atoms with Crippen LogP contribution < -0.4 is 5.32 Å². The maximum absolute atomic E-state index is 14.3. The molecule has 0 aliphatic carbocycles. The minimum Gasteiger partial charge on any atom is -0.469 e. The summed E-state index contributed by atoms with van der Waals surface area (Å²) in [6, 6.07) is 16.5. The fourth-order valence-electron chi connectivity index (χ4n) is 3.84. The summed E-state index contributed by atoms with van der Waals surface area (Å²) in [6.07, 6.45) is 1.66. The molecule has 3 aromatic rings. The number of alkyl carbamates (subject to hydrolysis) is 1. The summed E-state index contributed by atoms with van der Waals surface area (Å²) in [6.45, 7) is 5.33. The van der Waals surface area contributed by atoms with E-state index in [1.54, 1.807) is 63.4 Å². The monoisotopic (exact) mass is 512 g/mol. The molecular weight excluding hydrogens is 483 g/mol. The highest BCUT2D eigenvalue weighted by atomic mass is 35.5. The summed E-state index contributed by atoms with van der Waals surface area (Å²) < 4.78 is 24.8. The highest BCUT2D eigenvalue weighted by Gasteiger charge is 2.29. The minimum atomic E-state index is -0.684. The van der Waals surface area contributed by atoms with E-state index in [4.69, 9.17) is 21.1 Å². The number of hydrogen-bond donors (Lipinski definition) is 1. The minimum absolute atomic E-state index is 0.244. The third-order valence-corrected chi connectivity index (χ3v) is 5.68. The average molecular weight is 513 g/mol. The van der Waals surface area contributed by atoms with Gasteiger partial charge in [0.15, 0.2) is 0 Å². The Balaban J connectivity index is 1.85. The number of pyridine rings is 1. The van der Waals surface area contributed by atoms with E-state index in [2.05, 4.69) is 10.3 Å². The molecule has 0 fully saturated rings. The zero-order valence-corrected chi connectivity index (χ0v) is 21.5. The molecule has 0 aliphatic rings. The Morgan fingerprint density at radius 3 is 2.42 bits per heavy atom. The molecule has 2 atom stereocenters. The Morgan fingerprint density at radius 1 is 1.08 bits per heavy atom. The van der Waals surface area contributed by atoms with Crippen LogP contribution in [0.25, 0.3) is 11.1 Å². The number of rotatable bonds is 8. The molecule has 6 nitrogen and oxygen atoms in total. The summed E-state index contributed by atoms with van der Waals surface area (Å²) in [7, 11) is 1.32. The zero-order chi connectivity index (χ0) is 26.3. The lowest BCUT2D eigenvalue weighted by atomic mass is 9.91. The lowest BCUT2D eigenvalue weighted by molar-refractivity contribution is -0.142. The number of nitrogens with one attached hydrogen (secondary N) is 1. The lowest BCUT2D eigenvalue weighted by Gasteiger charge is -2.26. The predicted octanol–water partition coefficient (Wildman–Crippen LogP) is 6.32. The molecule has 2 unspecified atom stereocenters. The summed E-state index contributed by atoms with van der Waals surface area (Å²) >= 11 is 6.04. The van der Waals surface area contributed by atoms with Gasteiger partial charge >= 0.3 is 12.1 Å². The van der Waals surface area contributed by atoms with Crippen molar-refractivity contribution in [1.29, 1.82) is 0 Å². The largest absolute Gasteiger partial charge is 0.469 e. The second-order valence-corrected chi connectivity index (χ2v) is 9.87. The van der Waals surface area contributed by atoms with Crippen LogP contribution in [0.3, 0.4) is 0 Å². The van der Waals surface area contributed by atoms with Crippen molar-refractivity contribution in [3.05, 3.63) is 89.0 Å². The first kappa shape index (κ1) is 27.1. The fraction of sp³-hybridized carbons (Fsp3) is 0.321. The van der Waals surface area contributed by atoms with Crippen molar-refractivity contribution in [2.45, 2.75) is 51.2 Å². The normalized spacial score (nSPS) is 12.9. The first-order valence-electron chi connectivity index (χ1n) is 11.6. The zero-order valence-electron chi connectivity index (χ0n) is 20.8. The maximum Gasteiger partial charge on any atom is 0.407 e. The first-order valence-corrected chi connectivity index (χ1v) is 12.0. The van der Waals surface area contributed by atoms with Crippen LogP contribution in [-0.2, 0) is 20.7 Å². The lowest BCUT2D eigenvalue weighted by Crippen LogP contribution is -2.41. The molecule has 36 heavy (non-hydrogen) atoms. The van der Waals surface area contributed by atoms with Gasteiger partial charge in [0.2, 0.25) is 0 Å². The van der Waals surface area contributed by atoms with Crippen LogP contribution in [0.4, 0.5) is 9.18 Å². The molecule has 0 aliphatic heterocycles. The number of carbonyl (C=O) groups is 2. The molecule has 1 N–H and O–H groups in total. The summed E-state index contributed by atoms with van der Waals surface area (Å²) in [5, 5.41) is 3.33. The third-order valence-electron chi connectivity index (χ3n) is 5.45. The molecule has 3 rings (SSSR count). The first-order chi connectivity index (χ1) is 17.1. The van der Waals surface area contributed by atoms with Gasteiger partial charge in [-0.2, -0.15) is 0 Å². The second kappa shape index (κ2) is 12.0. The number of aromatic nitrogens is 1. The molecule has 190 valence electrons. The maximum atomic E-state index is 14.3. The number of esters is 1. The van der Waals surface area contributed by atoms with Crippen molar-refractivity contribution >= 4 is 23.7 Å². The third kappa shape index (κ3) is 7.78. The van der Waals surface area contributed by atoms with Crippen LogP contribution >= 0.6 is 11.6 Å². The Bertz CT molecular complexity index is 1180. The summed E-state index contributed by atoms with van der Waals surface area (Å²) in [4.78, 5) is 29.5. The average Bonchev–Trinajstić information content (AvgIpc) is 2.83. The highest BCUT2D eigenvalue weighted by molar-refractivity contribution is 6.30. The number of ether oxygens (including phenoxy) is 2. The van der Waals surface area contributed by atoms with Crippen LogP contribution in [-0.4, -0.2) is 35.8 Å². The number of amides is 1. The highest BCUT2D eigenvalue weighted by Crippen LogP contribution is 2.28. The van der Waals surface area contributed by atoms with Crippen LogP contribution in [0, 0.1) is 5.82 Å². The number of hydrogen-bond acceptors (Lipinski definition) is 5. The molecule has 1 aromatic heterocycles. The number of carbonyl (C=O) groups excluding carboxylic acids is 2. The van der Waals surface area contributed by atoms with E-state index >= 15 is 0 Å². The van der Waals surface area contributed by atoms with E-state index in [0.29, 0.717) is 28.3 Å². The van der Waals surface area contributed by atoms with Crippen LogP contribution in [0.5, 0.6) is 0 Å². The standard InChI is InChI=1S/C28H30ClFN2O4/c1-28(2,3)36-27(34)32-21(17-23(26(33)35-4)25-7-5-6-14-31-25)15-18-8-10-19(11-9-18)22-16-20(29)12-13-24(22)30/h5-14,16,21,23H,15,17H2,1-4H3,(H,32,34). The van der Waals surface area contributed by atoms with Gasteiger partial charge in [-0.25, -0.2) is 9.18 Å². The molecule has 0 spiro atoms. The fourth-order valence-corrected chi connectivity index (χ4v) is 4.01. The molecule has 0 radical (unpaired) electrons. The molecule has 8 heteroatoms.